The lowest BCUT2D eigenvalue weighted by Gasteiger charge is -2.25. The maximum Gasteiger partial charge on any atom is 0.416 e. The Bertz CT molecular complexity index is 1040. The molecule has 1 amide bonds. The Morgan fingerprint density at radius 2 is 1.79 bits per heavy atom. The number of esters is 1. The summed E-state index contributed by atoms with van der Waals surface area (Å²) in [5.41, 5.74) is -1.64. The second-order valence-electron chi connectivity index (χ2n) is 6.83. The first-order valence-electron chi connectivity index (χ1n) is 9.55. The minimum Gasteiger partial charge on any atom is -0.480 e. The Morgan fingerprint density at radius 1 is 1.15 bits per heavy atom. The number of carboxylic acid groups (broad SMARTS) is 1. The van der Waals surface area contributed by atoms with Crippen LogP contribution in [0.2, 0.25) is 0 Å². The number of hydrogen-bond acceptors (Lipinski definition) is 6. The number of carbonyl (C=O) groups is 3. The lowest BCUT2D eigenvalue weighted by Crippen LogP contribution is -2.45. The molecule has 0 saturated carbocycles. The number of nitrogens with zero attached hydrogens (tertiary/aromatic N) is 1. The van der Waals surface area contributed by atoms with Crippen LogP contribution in [0.15, 0.2) is 48.5 Å². The minimum absolute atomic E-state index is 0.000145. The van der Waals surface area contributed by atoms with E-state index >= 15 is 0 Å². The fraction of sp³-hybridized carbons (Fsp3) is 0.286. The van der Waals surface area contributed by atoms with E-state index in [4.69, 9.17) is 4.74 Å². The first kappa shape index (κ1) is 25.3. The van der Waals surface area contributed by atoms with Crippen LogP contribution in [0.25, 0.3) is 0 Å². The smallest absolute Gasteiger partial charge is 0.416 e. The number of rotatable bonds is 9. The van der Waals surface area contributed by atoms with Gasteiger partial charge in [-0.15, -0.1) is 0 Å². The SMILES string of the molecule is CCOC(=O)C[C@@H](c1ccc([N+](=O)[O-])cc1)[C@H](NC(=O)c1cccc(C(F)(F)F)c1)C(=O)O. The van der Waals surface area contributed by atoms with Crippen LogP contribution in [-0.2, 0) is 20.5 Å². The minimum atomic E-state index is -4.71. The van der Waals surface area contributed by atoms with Gasteiger partial charge in [-0.1, -0.05) is 18.2 Å². The van der Waals surface area contributed by atoms with E-state index in [1.54, 1.807) is 0 Å². The van der Waals surface area contributed by atoms with Crippen LogP contribution in [0.1, 0.15) is 40.7 Å². The third-order valence-electron chi connectivity index (χ3n) is 4.63. The molecular formula is C21H19F3N2O7. The van der Waals surface area contributed by atoms with Crippen LogP contribution >= 0.6 is 0 Å². The van der Waals surface area contributed by atoms with E-state index in [9.17, 15) is 42.8 Å². The fourth-order valence-corrected chi connectivity index (χ4v) is 3.07. The summed E-state index contributed by atoms with van der Waals surface area (Å²) >= 11 is 0. The number of non-ortho nitro benzene ring substituents is 1. The van der Waals surface area contributed by atoms with E-state index in [-0.39, 0.29) is 17.9 Å². The average molecular weight is 468 g/mol. The third-order valence-corrected chi connectivity index (χ3v) is 4.63. The molecule has 0 aliphatic rings. The van der Waals surface area contributed by atoms with Gasteiger partial charge in [-0.2, -0.15) is 13.2 Å². The van der Waals surface area contributed by atoms with Gasteiger partial charge in [0.05, 0.1) is 23.5 Å². The second-order valence-corrected chi connectivity index (χ2v) is 6.83. The van der Waals surface area contributed by atoms with E-state index in [1.807, 2.05) is 0 Å². The molecule has 2 aromatic carbocycles. The zero-order valence-electron chi connectivity index (χ0n) is 17.2. The van der Waals surface area contributed by atoms with Crippen molar-refractivity contribution < 1.29 is 42.3 Å². The summed E-state index contributed by atoms with van der Waals surface area (Å²) in [5.74, 6) is -4.69. The molecule has 0 unspecified atom stereocenters. The van der Waals surface area contributed by atoms with Crippen LogP contribution in [0, 0.1) is 10.1 Å². The van der Waals surface area contributed by atoms with Crippen LogP contribution in [-0.4, -0.2) is 40.5 Å². The topological polar surface area (TPSA) is 136 Å². The molecule has 0 saturated heterocycles. The lowest BCUT2D eigenvalue weighted by molar-refractivity contribution is -0.384. The molecular weight excluding hydrogens is 449 g/mol. The summed E-state index contributed by atoms with van der Waals surface area (Å²) < 4.78 is 43.7. The Morgan fingerprint density at radius 3 is 2.30 bits per heavy atom. The zero-order valence-corrected chi connectivity index (χ0v) is 17.2. The van der Waals surface area contributed by atoms with Gasteiger partial charge in [0.1, 0.15) is 6.04 Å². The van der Waals surface area contributed by atoms with Crippen molar-refractivity contribution >= 4 is 23.5 Å². The molecule has 0 heterocycles. The molecule has 0 aliphatic carbocycles. The molecule has 2 aromatic rings. The number of ether oxygens (including phenoxy) is 1. The van der Waals surface area contributed by atoms with Gasteiger partial charge in [0.25, 0.3) is 11.6 Å². The molecule has 0 aliphatic heterocycles. The first-order valence-corrected chi connectivity index (χ1v) is 9.55. The molecule has 33 heavy (non-hydrogen) atoms. The summed E-state index contributed by atoms with van der Waals surface area (Å²) in [6, 6.07) is 6.31. The largest absolute Gasteiger partial charge is 0.480 e. The van der Waals surface area contributed by atoms with Gasteiger partial charge in [0.15, 0.2) is 0 Å². The predicted molar refractivity (Wildman–Crippen MR) is 107 cm³/mol. The molecule has 0 radical (unpaired) electrons. The maximum atomic E-state index is 13.0. The molecule has 0 bridgehead atoms. The van der Waals surface area contributed by atoms with Gasteiger partial charge in [-0.3, -0.25) is 19.7 Å². The predicted octanol–water partition coefficient (Wildman–Crippen LogP) is 3.53. The van der Waals surface area contributed by atoms with Gasteiger partial charge in [-0.25, -0.2) is 4.79 Å². The molecule has 12 heteroatoms. The number of hydrogen-bond donors (Lipinski definition) is 2. The van der Waals surface area contributed by atoms with Crippen LogP contribution < -0.4 is 5.32 Å². The van der Waals surface area contributed by atoms with Gasteiger partial charge in [0, 0.05) is 23.6 Å². The van der Waals surface area contributed by atoms with Crippen LogP contribution in [0.4, 0.5) is 18.9 Å². The molecule has 0 fully saturated rings. The van der Waals surface area contributed by atoms with Crippen molar-refractivity contribution in [2.24, 2.45) is 0 Å². The lowest BCUT2D eigenvalue weighted by atomic mass is 9.88. The van der Waals surface area contributed by atoms with Crippen molar-refractivity contribution in [1.29, 1.82) is 0 Å². The standard InChI is InChI=1S/C21H19F3N2O7/c1-2-33-17(27)11-16(12-6-8-15(9-7-12)26(31)32)18(20(29)30)25-19(28)13-4-3-5-14(10-13)21(22,23)24/h3-10,16,18H,2,11H2,1H3,(H,25,28)(H,29,30)/t16-,18-/m0/s1. The zero-order chi connectivity index (χ0) is 24.8. The number of alkyl halides is 3. The number of amides is 1. The monoisotopic (exact) mass is 468 g/mol. The normalized spacial score (nSPS) is 13.0. The highest BCUT2D eigenvalue weighted by Crippen LogP contribution is 2.30. The highest BCUT2D eigenvalue weighted by Gasteiger charge is 2.35. The first-order chi connectivity index (χ1) is 15.4. The number of nitro groups is 1. The Labute approximate surface area is 185 Å². The molecule has 2 N–H and O–H groups in total. The van der Waals surface area contributed by atoms with Crippen LogP contribution in [0.3, 0.4) is 0 Å². The van der Waals surface area contributed by atoms with E-state index < -0.39 is 58.5 Å². The van der Waals surface area contributed by atoms with Gasteiger partial charge in [0.2, 0.25) is 0 Å². The van der Waals surface area contributed by atoms with Crippen molar-refractivity contribution in [1.82, 2.24) is 5.32 Å². The molecule has 2 atom stereocenters. The summed E-state index contributed by atoms with van der Waals surface area (Å²) in [6.45, 7) is 1.53. The number of halogens is 3. The Kier molecular flexibility index (Phi) is 8.10. The fourth-order valence-electron chi connectivity index (χ4n) is 3.07. The number of benzene rings is 2. The molecule has 9 nitrogen and oxygen atoms in total. The molecule has 0 aromatic heterocycles. The number of nitrogens with one attached hydrogen (secondary N) is 1. The van der Waals surface area contributed by atoms with Gasteiger partial charge >= 0.3 is 18.1 Å². The molecule has 0 spiro atoms. The quantitative estimate of drug-likeness (QED) is 0.326. The van der Waals surface area contributed by atoms with Crippen molar-refractivity contribution in [3.8, 4) is 0 Å². The summed E-state index contributed by atoms with van der Waals surface area (Å²) in [4.78, 5) is 46.8. The highest BCUT2D eigenvalue weighted by atomic mass is 19.4. The van der Waals surface area contributed by atoms with Crippen molar-refractivity contribution in [2.75, 3.05) is 6.61 Å². The maximum absolute atomic E-state index is 13.0. The summed E-state index contributed by atoms with van der Waals surface area (Å²) in [5, 5.41) is 22.8. The third kappa shape index (κ3) is 6.76. The highest BCUT2D eigenvalue weighted by molar-refractivity contribution is 5.97. The Hall–Kier alpha value is -3.96. The molecule has 2 rings (SSSR count). The van der Waals surface area contributed by atoms with E-state index in [2.05, 4.69) is 5.32 Å². The van der Waals surface area contributed by atoms with Crippen LogP contribution in [0.5, 0.6) is 0 Å². The van der Waals surface area contributed by atoms with E-state index in [0.29, 0.717) is 6.07 Å². The number of aliphatic carboxylic acids is 1. The number of carbonyl (C=O) groups excluding carboxylic acids is 2. The van der Waals surface area contributed by atoms with E-state index in [0.717, 1.165) is 30.3 Å². The number of nitro benzene ring substituents is 1. The van der Waals surface area contributed by atoms with Crippen molar-refractivity contribution in [3.05, 3.63) is 75.3 Å². The average Bonchev–Trinajstić information content (AvgIpc) is 2.75. The second kappa shape index (κ2) is 10.6. The van der Waals surface area contributed by atoms with E-state index in [1.165, 1.54) is 19.1 Å². The van der Waals surface area contributed by atoms with Gasteiger partial charge < -0.3 is 15.2 Å². The Balaban J connectivity index is 2.40. The van der Waals surface area contributed by atoms with Gasteiger partial charge in [-0.05, 0) is 30.7 Å². The summed E-state index contributed by atoms with van der Waals surface area (Å²) in [7, 11) is 0. The van der Waals surface area contributed by atoms with Crippen molar-refractivity contribution in [3.63, 3.8) is 0 Å². The van der Waals surface area contributed by atoms with Crippen molar-refractivity contribution in [2.45, 2.75) is 31.5 Å². The number of carboxylic acids is 1. The molecule has 176 valence electrons. The summed E-state index contributed by atoms with van der Waals surface area (Å²) in [6.07, 6.45) is -5.22.